The summed E-state index contributed by atoms with van der Waals surface area (Å²) in [6.07, 6.45) is 1.91. The number of hydrogen-bond donors (Lipinski definition) is 3. The van der Waals surface area contributed by atoms with Gasteiger partial charge in [0.05, 0.1) is 5.60 Å². The van der Waals surface area contributed by atoms with Crippen LogP contribution >= 0.6 is 11.8 Å². The van der Waals surface area contributed by atoms with Gasteiger partial charge >= 0.3 is 0 Å². The molecule has 1 amide bonds. The minimum Gasteiger partial charge on any atom is -0.387 e. The SMILES string of the molecule is CSCC(C)(O)CNC(=O)[C@@H](N)c1ccccc1. The predicted octanol–water partition coefficient (Wildman–Crippen LogP) is 0.917. The van der Waals surface area contributed by atoms with E-state index in [0.29, 0.717) is 5.75 Å². The molecule has 1 aromatic rings. The normalized spacial score (nSPS) is 15.8. The quantitative estimate of drug-likeness (QED) is 0.717. The summed E-state index contributed by atoms with van der Waals surface area (Å²) in [7, 11) is 0. The summed E-state index contributed by atoms with van der Waals surface area (Å²) < 4.78 is 0. The van der Waals surface area contributed by atoms with Crippen molar-refractivity contribution in [3.05, 3.63) is 35.9 Å². The first-order valence-corrected chi connectivity index (χ1v) is 7.15. The van der Waals surface area contributed by atoms with Gasteiger partial charge in [0.1, 0.15) is 6.04 Å². The van der Waals surface area contributed by atoms with E-state index in [1.807, 2.05) is 36.6 Å². The van der Waals surface area contributed by atoms with Gasteiger partial charge in [0.15, 0.2) is 0 Å². The van der Waals surface area contributed by atoms with Crippen LogP contribution < -0.4 is 11.1 Å². The highest BCUT2D eigenvalue weighted by molar-refractivity contribution is 7.98. The van der Waals surface area contributed by atoms with Crippen LogP contribution in [0.4, 0.5) is 0 Å². The van der Waals surface area contributed by atoms with Gasteiger partial charge in [-0.15, -0.1) is 0 Å². The molecule has 1 aromatic carbocycles. The summed E-state index contributed by atoms with van der Waals surface area (Å²) in [4.78, 5) is 11.8. The minimum atomic E-state index is -0.911. The van der Waals surface area contributed by atoms with Crippen molar-refractivity contribution in [3.63, 3.8) is 0 Å². The largest absolute Gasteiger partial charge is 0.387 e. The molecule has 0 aromatic heterocycles. The van der Waals surface area contributed by atoms with Crippen LogP contribution in [0.2, 0.25) is 0 Å². The molecule has 18 heavy (non-hydrogen) atoms. The molecular weight excluding hydrogens is 248 g/mol. The summed E-state index contributed by atoms with van der Waals surface area (Å²) >= 11 is 1.53. The Bertz CT molecular complexity index is 382. The Morgan fingerprint density at radius 1 is 1.50 bits per heavy atom. The highest BCUT2D eigenvalue weighted by Crippen LogP contribution is 2.12. The highest BCUT2D eigenvalue weighted by Gasteiger charge is 2.22. The molecule has 100 valence electrons. The lowest BCUT2D eigenvalue weighted by molar-refractivity contribution is -0.123. The number of carbonyl (C=O) groups excluding carboxylic acids is 1. The maximum Gasteiger partial charge on any atom is 0.241 e. The fourth-order valence-electron chi connectivity index (χ4n) is 1.56. The lowest BCUT2D eigenvalue weighted by Crippen LogP contribution is -2.45. The van der Waals surface area contributed by atoms with Gasteiger partial charge in [-0.25, -0.2) is 0 Å². The van der Waals surface area contributed by atoms with Crippen molar-refractivity contribution in [2.75, 3.05) is 18.6 Å². The van der Waals surface area contributed by atoms with E-state index in [9.17, 15) is 9.90 Å². The Balaban J connectivity index is 2.51. The number of hydrogen-bond acceptors (Lipinski definition) is 4. The van der Waals surface area contributed by atoms with Crippen LogP contribution in [0.3, 0.4) is 0 Å². The second-order valence-corrected chi connectivity index (χ2v) is 5.40. The van der Waals surface area contributed by atoms with Crippen molar-refractivity contribution in [1.29, 1.82) is 0 Å². The van der Waals surface area contributed by atoms with Crippen molar-refractivity contribution in [2.45, 2.75) is 18.6 Å². The molecule has 4 nitrogen and oxygen atoms in total. The number of thioether (sulfide) groups is 1. The number of nitrogens with one attached hydrogen (secondary N) is 1. The van der Waals surface area contributed by atoms with E-state index in [2.05, 4.69) is 5.32 Å². The molecule has 0 saturated carbocycles. The molecule has 0 fully saturated rings. The molecule has 0 saturated heterocycles. The molecule has 1 unspecified atom stereocenters. The van der Waals surface area contributed by atoms with E-state index >= 15 is 0 Å². The average molecular weight is 268 g/mol. The first kappa shape index (κ1) is 15.0. The topological polar surface area (TPSA) is 75.3 Å². The molecular formula is C13H20N2O2S. The first-order valence-electron chi connectivity index (χ1n) is 5.76. The van der Waals surface area contributed by atoms with Crippen molar-refractivity contribution in [1.82, 2.24) is 5.32 Å². The summed E-state index contributed by atoms with van der Waals surface area (Å²) in [5.41, 5.74) is 5.70. The summed E-state index contributed by atoms with van der Waals surface area (Å²) in [5.74, 6) is 0.288. The Morgan fingerprint density at radius 2 is 2.11 bits per heavy atom. The lowest BCUT2D eigenvalue weighted by atomic mass is 10.1. The molecule has 1 rings (SSSR count). The fraction of sp³-hybridized carbons (Fsp3) is 0.462. The zero-order chi connectivity index (χ0) is 13.6. The van der Waals surface area contributed by atoms with Crippen molar-refractivity contribution < 1.29 is 9.90 Å². The van der Waals surface area contributed by atoms with Gasteiger partial charge in [-0.1, -0.05) is 30.3 Å². The van der Waals surface area contributed by atoms with E-state index in [-0.39, 0.29) is 12.5 Å². The molecule has 0 aliphatic carbocycles. The predicted molar refractivity (Wildman–Crippen MR) is 75.4 cm³/mol. The number of carbonyl (C=O) groups is 1. The highest BCUT2D eigenvalue weighted by atomic mass is 32.2. The third-order valence-corrected chi connectivity index (χ3v) is 3.45. The monoisotopic (exact) mass is 268 g/mol. The van der Waals surface area contributed by atoms with Gasteiger partial charge in [-0.05, 0) is 18.7 Å². The average Bonchev–Trinajstić information content (AvgIpc) is 2.36. The van der Waals surface area contributed by atoms with Gasteiger partial charge in [-0.3, -0.25) is 4.79 Å². The molecule has 0 aliphatic rings. The Hall–Kier alpha value is -1.04. The molecule has 5 heteroatoms. The van der Waals surface area contributed by atoms with Crippen molar-refractivity contribution in [3.8, 4) is 0 Å². The summed E-state index contributed by atoms with van der Waals surface area (Å²) in [6.45, 7) is 1.89. The Labute approximate surface area is 112 Å². The first-order chi connectivity index (χ1) is 8.46. The Kier molecular flexibility index (Phi) is 5.65. The van der Waals surface area contributed by atoms with E-state index in [1.165, 1.54) is 11.8 Å². The number of nitrogens with two attached hydrogens (primary N) is 1. The van der Waals surface area contributed by atoms with Crippen LogP contribution in [-0.4, -0.2) is 35.2 Å². The summed E-state index contributed by atoms with van der Waals surface area (Å²) in [6, 6.07) is 8.47. The van der Waals surface area contributed by atoms with E-state index in [1.54, 1.807) is 6.92 Å². The standard InChI is InChI=1S/C13H20N2O2S/c1-13(17,9-18-2)8-15-12(16)11(14)10-6-4-3-5-7-10/h3-7,11,17H,8-9,14H2,1-2H3,(H,15,16)/t11-,13?/m0/s1. The van der Waals surface area contributed by atoms with Crippen LogP contribution in [0.1, 0.15) is 18.5 Å². The third kappa shape index (κ3) is 4.68. The van der Waals surface area contributed by atoms with E-state index in [4.69, 9.17) is 5.73 Å². The van der Waals surface area contributed by atoms with Crippen molar-refractivity contribution >= 4 is 17.7 Å². The molecule has 0 spiro atoms. The van der Waals surface area contributed by atoms with Crippen LogP contribution in [0.5, 0.6) is 0 Å². The van der Waals surface area contributed by atoms with Gasteiger partial charge in [0.2, 0.25) is 5.91 Å². The Morgan fingerprint density at radius 3 is 2.67 bits per heavy atom. The fourth-order valence-corrected chi connectivity index (χ4v) is 2.29. The maximum absolute atomic E-state index is 11.8. The van der Waals surface area contributed by atoms with E-state index in [0.717, 1.165) is 5.56 Å². The summed E-state index contributed by atoms with van der Waals surface area (Å²) in [5, 5.41) is 12.6. The van der Waals surface area contributed by atoms with Crippen LogP contribution in [0.25, 0.3) is 0 Å². The number of aliphatic hydroxyl groups is 1. The zero-order valence-corrected chi connectivity index (χ0v) is 11.5. The van der Waals surface area contributed by atoms with E-state index < -0.39 is 11.6 Å². The second kappa shape index (κ2) is 6.78. The van der Waals surface area contributed by atoms with Gasteiger partial charge in [0, 0.05) is 12.3 Å². The van der Waals surface area contributed by atoms with Crippen LogP contribution in [0.15, 0.2) is 30.3 Å². The molecule has 0 radical (unpaired) electrons. The van der Waals surface area contributed by atoms with Crippen LogP contribution in [-0.2, 0) is 4.79 Å². The van der Waals surface area contributed by atoms with Gasteiger partial charge in [-0.2, -0.15) is 11.8 Å². The van der Waals surface area contributed by atoms with Crippen LogP contribution in [0, 0.1) is 0 Å². The molecule has 0 heterocycles. The number of benzene rings is 1. The third-order valence-electron chi connectivity index (χ3n) is 2.54. The number of amides is 1. The van der Waals surface area contributed by atoms with Crippen molar-refractivity contribution in [2.24, 2.45) is 5.73 Å². The van der Waals surface area contributed by atoms with Gasteiger partial charge < -0.3 is 16.2 Å². The molecule has 0 bridgehead atoms. The maximum atomic E-state index is 11.8. The van der Waals surface area contributed by atoms with Gasteiger partial charge in [0.25, 0.3) is 0 Å². The second-order valence-electron chi connectivity index (χ2n) is 4.54. The molecule has 4 N–H and O–H groups in total. The smallest absolute Gasteiger partial charge is 0.241 e. The minimum absolute atomic E-state index is 0.202. The molecule has 0 aliphatic heterocycles. The lowest BCUT2D eigenvalue weighted by Gasteiger charge is -2.23. The molecule has 2 atom stereocenters. The zero-order valence-electron chi connectivity index (χ0n) is 10.7. The number of rotatable bonds is 6.